The van der Waals surface area contributed by atoms with Gasteiger partial charge in [0.05, 0.1) is 17.4 Å². The number of benzene rings is 1. The highest BCUT2D eigenvalue weighted by Crippen LogP contribution is 2.26. The molecule has 4 heteroatoms. The smallest absolute Gasteiger partial charge is 0.223 e. The zero-order valence-corrected chi connectivity index (χ0v) is 11.9. The van der Waals surface area contributed by atoms with Crippen LogP contribution in [-0.2, 0) is 17.9 Å². The average Bonchev–Trinajstić information content (AvgIpc) is 2.78. The molecule has 0 atom stereocenters. The molecule has 1 fully saturated rings. The predicted octanol–water partition coefficient (Wildman–Crippen LogP) is 2.86. The van der Waals surface area contributed by atoms with E-state index in [1.165, 1.54) is 11.9 Å². The molecule has 0 saturated heterocycles. The summed E-state index contributed by atoms with van der Waals surface area (Å²) < 4.78 is 2.17. The Balaban J connectivity index is 1.68. The third-order valence-corrected chi connectivity index (χ3v) is 4.09. The van der Waals surface area contributed by atoms with Gasteiger partial charge in [-0.1, -0.05) is 19.4 Å². The molecule has 1 heterocycles. The maximum absolute atomic E-state index is 11.8. The van der Waals surface area contributed by atoms with E-state index < -0.39 is 0 Å². The Kier molecular flexibility index (Phi) is 3.72. The Hall–Kier alpha value is -1.84. The fourth-order valence-corrected chi connectivity index (χ4v) is 2.64. The number of hydrogen-bond acceptors (Lipinski definition) is 2. The Morgan fingerprint density at radius 2 is 2.30 bits per heavy atom. The number of nitrogens with zero attached hydrogens (tertiary/aromatic N) is 2. The van der Waals surface area contributed by atoms with Gasteiger partial charge in [-0.2, -0.15) is 0 Å². The second kappa shape index (κ2) is 5.65. The second-order valence-corrected chi connectivity index (χ2v) is 5.61. The van der Waals surface area contributed by atoms with Crippen LogP contribution in [0, 0.1) is 5.92 Å². The Labute approximate surface area is 119 Å². The van der Waals surface area contributed by atoms with Gasteiger partial charge in [-0.25, -0.2) is 4.98 Å². The molecule has 0 unspecified atom stereocenters. The first-order valence-electron chi connectivity index (χ1n) is 7.49. The molecule has 1 amide bonds. The standard InChI is InChI=1S/C16H21N3O/c1-2-8-19-11-18-14-9-12(6-7-15(14)19)10-17-16(20)13-4-3-5-13/h6-7,9,11,13H,2-5,8,10H2,1H3,(H,17,20). The van der Waals surface area contributed by atoms with Gasteiger partial charge < -0.3 is 9.88 Å². The van der Waals surface area contributed by atoms with Gasteiger partial charge in [0.2, 0.25) is 5.91 Å². The minimum absolute atomic E-state index is 0.202. The maximum Gasteiger partial charge on any atom is 0.223 e. The highest BCUT2D eigenvalue weighted by Gasteiger charge is 2.24. The zero-order chi connectivity index (χ0) is 13.9. The number of carbonyl (C=O) groups excluding carboxylic acids is 1. The third kappa shape index (κ3) is 2.55. The number of fused-ring (bicyclic) bond motifs is 1. The first-order chi connectivity index (χ1) is 9.78. The Morgan fingerprint density at radius 3 is 3.00 bits per heavy atom. The number of aryl methyl sites for hydroxylation is 1. The summed E-state index contributed by atoms with van der Waals surface area (Å²) in [5.41, 5.74) is 3.29. The molecule has 1 aromatic carbocycles. The highest BCUT2D eigenvalue weighted by molar-refractivity contribution is 5.80. The van der Waals surface area contributed by atoms with Crippen LogP contribution in [0.1, 0.15) is 38.2 Å². The molecule has 2 aromatic rings. The molecule has 0 radical (unpaired) electrons. The molecule has 0 bridgehead atoms. The fraction of sp³-hybridized carbons (Fsp3) is 0.500. The SMILES string of the molecule is CCCn1cnc2cc(CNC(=O)C3CCC3)ccc21. The summed E-state index contributed by atoms with van der Waals surface area (Å²) in [5, 5.41) is 3.02. The first kappa shape index (κ1) is 13.2. The van der Waals surface area contributed by atoms with Crippen molar-refractivity contribution in [1.82, 2.24) is 14.9 Å². The van der Waals surface area contributed by atoms with E-state index in [9.17, 15) is 4.79 Å². The molecular formula is C16H21N3O. The van der Waals surface area contributed by atoms with Crippen molar-refractivity contribution in [2.45, 2.75) is 45.7 Å². The number of nitrogens with one attached hydrogen (secondary N) is 1. The molecule has 106 valence electrons. The molecule has 1 N–H and O–H groups in total. The van der Waals surface area contributed by atoms with Crippen molar-refractivity contribution in [2.75, 3.05) is 0 Å². The van der Waals surface area contributed by atoms with Gasteiger partial charge in [0.15, 0.2) is 0 Å². The molecule has 20 heavy (non-hydrogen) atoms. The van der Waals surface area contributed by atoms with Crippen LogP contribution >= 0.6 is 0 Å². The monoisotopic (exact) mass is 271 g/mol. The van der Waals surface area contributed by atoms with Crippen molar-refractivity contribution in [1.29, 1.82) is 0 Å². The molecule has 1 aromatic heterocycles. The fourth-order valence-electron chi connectivity index (χ4n) is 2.64. The average molecular weight is 271 g/mol. The highest BCUT2D eigenvalue weighted by atomic mass is 16.1. The number of amides is 1. The lowest BCUT2D eigenvalue weighted by Crippen LogP contribution is -2.33. The summed E-state index contributed by atoms with van der Waals surface area (Å²) in [7, 11) is 0. The van der Waals surface area contributed by atoms with E-state index in [2.05, 4.69) is 40.0 Å². The van der Waals surface area contributed by atoms with Crippen LogP contribution < -0.4 is 5.32 Å². The van der Waals surface area contributed by atoms with Gasteiger partial charge in [0.1, 0.15) is 0 Å². The second-order valence-electron chi connectivity index (χ2n) is 5.61. The van der Waals surface area contributed by atoms with Crippen molar-refractivity contribution in [3.63, 3.8) is 0 Å². The number of rotatable bonds is 5. The van der Waals surface area contributed by atoms with Crippen molar-refractivity contribution >= 4 is 16.9 Å². The van der Waals surface area contributed by atoms with Crippen LogP contribution in [0.2, 0.25) is 0 Å². The van der Waals surface area contributed by atoms with Crippen LogP contribution in [0.4, 0.5) is 0 Å². The van der Waals surface area contributed by atoms with Gasteiger partial charge in [-0.3, -0.25) is 4.79 Å². The molecule has 0 spiro atoms. The van der Waals surface area contributed by atoms with Crippen LogP contribution in [0.15, 0.2) is 24.5 Å². The summed E-state index contributed by atoms with van der Waals surface area (Å²) in [5.74, 6) is 0.454. The Bertz CT molecular complexity index is 613. The predicted molar refractivity (Wildman–Crippen MR) is 79.2 cm³/mol. The van der Waals surface area contributed by atoms with E-state index >= 15 is 0 Å². The third-order valence-electron chi connectivity index (χ3n) is 4.09. The van der Waals surface area contributed by atoms with E-state index in [1.807, 2.05) is 6.33 Å². The van der Waals surface area contributed by atoms with Gasteiger partial charge in [0, 0.05) is 19.0 Å². The lowest BCUT2D eigenvalue weighted by atomic mass is 9.85. The van der Waals surface area contributed by atoms with Crippen LogP contribution in [0.3, 0.4) is 0 Å². The molecule has 1 aliphatic rings. The molecule has 0 aliphatic heterocycles. The molecule has 1 saturated carbocycles. The molecular weight excluding hydrogens is 250 g/mol. The summed E-state index contributed by atoms with van der Waals surface area (Å²) in [6.07, 6.45) is 6.28. The topological polar surface area (TPSA) is 46.9 Å². The minimum Gasteiger partial charge on any atom is -0.352 e. The number of hydrogen-bond donors (Lipinski definition) is 1. The largest absolute Gasteiger partial charge is 0.352 e. The van der Waals surface area contributed by atoms with E-state index in [0.29, 0.717) is 6.54 Å². The number of imidazole rings is 1. The first-order valence-corrected chi connectivity index (χ1v) is 7.49. The van der Waals surface area contributed by atoms with Gasteiger partial charge in [0.25, 0.3) is 0 Å². The van der Waals surface area contributed by atoms with E-state index in [-0.39, 0.29) is 11.8 Å². The normalized spacial score (nSPS) is 15.2. The maximum atomic E-state index is 11.8. The van der Waals surface area contributed by atoms with Gasteiger partial charge in [-0.15, -0.1) is 0 Å². The number of aromatic nitrogens is 2. The molecule has 3 rings (SSSR count). The lowest BCUT2D eigenvalue weighted by Gasteiger charge is -2.24. The van der Waals surface area contributed by atoms with Gasteiger partial charge >= 0.3 is 0 Å². The van der Waals surface area contributed by atoms with Crippen molar-refractivity contribution in [2.24, 2.45) is 5.92 Å². The van der Waals surface area contributed by atoms with E-state index in [1.54, 1.807) is 0 Å². The lowest BCUT2D eigenvalue weighted by molar-refractivity contribution is -0.127. The quantitative estimate of drug-likeness (QED) is 0.909. The Morgan fingerprint density at radius 1 is 1.45 bits per heavy atom. The zero-order valence-electron chi connectivity index (χ0n) is 11.9. The van der Waals surface area contributed by atoms with E-state index in [4.69, 9.17) is 0 Å². The summed E-state index contributed by atoms with van der Waals surface area (Å²) in [4.78, 5) is 16.3. The summed E-state index contributed by atoms with van der Waals surface area (Å²) >= 11 is 0. The van der Waals surface area contributed by atoms with E-state index in [0.717, 1.165) is 36.9 Å². The van der Waals surface area contributed by atoms with Crippen LogP contribution in [0.5, 0.6) is 0 Å². The minimum atomic E-state index is 0.202. The molecule has 1 aliphatic carbocycles. The van der Waals surface area contributed by atoms with Crippen molar-refractivity contribution in [3.8, 4) is 0 Å². The molecule has 4 nitrogen and oxygen atoms in total. The number of carbonyl (C=O) groups is 1. The van der Waals surface area contributed by atoms with Crippen LogP contribution in [-0.4, -0.2) is 15.5 Å². The van der Waals surface area contributed by atoms with Crippen molar-refractivity contribution in [3.05, 3.63) is 30.1 Å². The van der Waals surface area contributed by atoms with Gasteiger partial charge in [-0.05, 0) is 37.0 Å². The van der Waals surface area contributed by atoms with Crippen LogP contribution in [0.25, 0.3) is 11.0 Å². The summed E-state index contributed by atoms with van der Waals surface area (Å²) in [6.45, 7) is 3.76. The van der Waals surface area contributed by atoms with Crippen molar-refractivity contribution < 1.29 is 4.79 Å². The summed E-state index contributed by atoms with van der Waals surface area (Å²) in [6, 6.07) is 6.25.